The van der Waals surface area contributed by atoms with Crippen LogP contribution in [0.5, 0.6) is 0 Å². The Labute approximate surface area is 176 Å². The first-order valence-corrected chi connectivity index (χ1v) is 11.3. The molecule has 1 aromatic carbocycles. The first-order valence-electron chi connectivity index (χ1n) is 11.3. The van der Waals surface area contributed by atoms with Gasteiger partial charge >= 0.3 is 0 Å². The van der Waals surface area contributed by atoms with E-state index in [9.17, 15) is 4.79 Å². The fourth-order valence-corrected chi connectivity index (χ4v) is 7.18. The van der Waals surface area contributed by atoms with Crippen LogP contribution < -0.4 is 5.32 Å². The molecule has 1 amide bonds. The van der Waals surface area contributed by atoms with Gasteiger partial charge in [0.05, 0.1) is 11.0 Å². The van der Waals surface area contributed by atoms with Crippen LogP contribution in [-0.2, 0) is 16.9 Å². The number of hydrogen-bond donors (Lipinski definition) is 1. The zero-order chi connectivity index (χ0) is 20.2. The summed E-state index contributed by atoms with van der Waals surface area (Å²) in [4.78, 5) is 17.6. The van der Waals surface area contributed by atoms with Gasteiger partial charge in [0.25, 0.3) is 0 Å². The highest BCUT2D eigenvalue weighted by Gasteiger charge is 2.61. The molecule has 4 saturated carbocycles. The van der Waals surface area contributed by atoms with Gasteiger partial charge in [-0.15, -0.1) is 0 Å². The lowest BCUT2D eigenvalue weighted by atomic mass is 9.46. The molecular weight excluding hydrogens is 374 g/mol. The number of fused-ring (bicyclic) bond motifs is 1. The molecule has 4 aliphatic rings. The first-order chi connectivity index (χ1) is 14.7. The highest BCUT2D eigenvalue weighted by Crippen LogP contribution is 2.64. The molecule has 6 nitrogen and oxygen atoms in total. The molecule has 0 radical (unpaired) electrons. The van der Waals surface area contributed by atoms with Crippen molar-refractivity contribution in [2.75, 3.05) is 6.54 Å². The number of para-hydroxylation sites is 1. The summed E-state index contributed by atoms with van der Waals surface area (Å²) in [6.07, 6.45) is 13.2. The maximum Gasteiger partial charge on any atom is 0.226 e. The van der Waals surface area contributed by atoms with Gasteiger partial charge in [-0.25, -0.2) is 9.67 Å². The van der Waals surface area contributed by atoms with Gasteiger partial charge in [0.2, 0.25) is 5.91 Å². The number of nitrogens with zero attached hydrogens (tertiary/aromatic N) is 4. The lowest BCUT2D eigenvalue weighted by Gasteiger charge is -2.60. The summed E-state index contributed by atoms with van der Waals surface area (Å²) in [5.41, 5.74) is 1.05. The van der Waals surface area contributed by atoms with Crippen molar-refractivity contribution in [2.45, 2.75) is 57.0 Å². The van der Waals surface area contributed by atoms with E-state index in [0.29, 0.717) is 11.8 Å². The zero-order valence-electron chi connectivity index (χ0n) is 17.3. The van der Waals surface area contributed by atoms with Crippen molar-refractivity contribution in [3.8, 4) is 0 Å². The second-order valence-electron chi connectivity index (χ2n) is 9.98. The Morgan fingerprint density at radius 3 is 2.77 bits per heavy atom. The Morgan fingerprint density at radius 1 is 1.13 bits per heavy atom. The third-order valence-corrected chi connectivity index (χ3v) is 7.96. The van der Waals surface area contributed by atoms with E-state index in [1.165, 1.54) is 17.3 Å². The Kier molecular flexibility index (Phi) is 4.05. The molecule has 4 bridgehead atoms. The summed E-state index contributed by atoms with van der Waals surface area (Å²) in [6, 6.07) is 10.6. The molecule has 4 aliphatic carbocycles. The molecule has 0 aliphatic heterocycles. The predicted molar refractivity (Wildman–Crippen MR) is 115 cm³/mol. The fourth-order valence-electron chi connectivity index (χ4n) is 7.18. The topological polar surface area (TPSA) is 64.7 Å². The summed E-state index contributed by atoms with van der Waals surface area (Å²) in [5.74, 6) is 1.57. The summed E-state index contributed by atoms with van der Waals surface area (Å²) < 4.78 is 4.36. The predicted octanol–water partition coefficient (Wildman–Crippen LogP) is 3.73. The van der Waals surface area contributed by atoms with Gasteiger partial charge in [0, 0.05) is 24.8 Å². The number of rotatable bonds is 6. The highest BCUT2D eigenvalue weighted by molar-refractivity contribution is 5.83. The number of aryl methyl sites for hydroxylation is 1. The van der Waals surface area contributed by atoms with Crippen molar-refractivity contribution in [1.82, 2.24) is 24.6 Å². The quantitative estimate of drug-likeness (QED) is 0.638. The molecule has 1 N–H and O–H groups in total. The molecule has 0 saturated heterocycles. The van der Waals surface area contributed by atoms with Gasteiger partial charge in [0.1, 0.15) is 12.7 Å². The molecule has 6 heteroatoms. The molecule has 2 unspecified atom stereocenters. The minimum Gasteiger partial charge on any atom is -0.356 e. The van der Waals surface area contributed by atoms with Crippen LogP contribution in [0.15, 0.2) is 49.2 Å². The Hall–Kier alpha value is -2.63. The molecule has 4 fully saturated rings. The molecule has 3 aromatic rings. The van der Waals surface area contributed by atoms with Crippen LogP contribution in [0.4, 0.5) is 0 Å². The molecule has 0 spiro atoms. The zero-order valence-corrected chi connectivity index (χ0v) is 17.3. The van der Waals surface area contributed by atoms with Crippen molar-refractivity contribution in [2.24, 2.45) is 17.3 Å². The number of aromatic nitrogens is 4. The Morgan fingerprint density at radius 2 is 1.97 bits per heavy atom. The second kappa shape index (κ2) is 6.69. The minimum absolute atomic E-state index is 0.00196. The van der Waals surface area contributed by atoms with Gasteiger partial charge in [-0.05, 0) is 74.3 Å². The van der Waals surface area contributed by atoms with Crippen LogP contribution in [0.1, 0.15) is 44.9 Å². The van der Waals surface area contributed by atoms with E-state index in [4.69, 9.17) is 0 Å². The Bertz CT molecular complexity index is 1050. The molecule has 2 heterocycles. The third kappa shape index (κ3) is 2.80. The van der Waals surface area contributed by atoms with E-state index in [1.807, 2.05) is 6.33 Å². The number of carbonyl (C=O) groups is 1. The van der Waals surface area contributed by atoms with Crippen molar-refractivity contribution >= 4 is 16.8 Å². The van der Waals surface area contributed by atoms with Crippen molar-refractivity contribution in [1.29, 1.82) is 0 Å². The van der Waals surface area contributed by atoms with Gasteiger partial charge in [0.15, 0.2) is 0 Å². The van der Waals surface area contributed by atoms with Crippen molar-refractivity contribution < 1.29 is 4.79 Å². The molecule has 30 heavy (non-hydrogen) atoms. The SMILES string of the molecule is O=C(NCCCn1ccc2ccccc21)C12C[C@H]3C[C@@H](C1)CC(n1cncn1)(C3)C2. The normalized spacial score (nSPS) is 32.0. The van der Waals surface area contributed by atoms with E-state index >= 15 is 0 Å². The smallest absolute Gasteiger partial charge is 0.226 e. The number of nitrogens with one attached hydrogen (secondary N) is 1. The summed E-state index contributed by atoms with van der Waals surface area (Å²) in [6.45, 7) is 1.66. The second-order valence-corrected chi connectivity index (χ2v) is 9.98. The Balaban J connectivity index is 1.13. The van der Waals surface area contributed by atoms with E-state index in [-0.39, 0.29) is 16.9 Å². The van der Waals surface area contributed by atoms with Gasteiger partial charge in [-0.3, -0.25) is 4.79 Å². The maximum atomic E-state index is 13.4. The number of carbonyl (C=O) groups excluding carboxylic acids is 1. The molecule has 4 atom stereocenters. The van der Waals surface area contributed by atoms with Crippen LogP contribution >= 0.6 is 0 Å². The molecule has 156 valence electrons. The highest BCUT2D eigenvalue weighted by atomic mass is 16.2. The maximum absolute atomic E-state index is 13.4. The van der Waals surface area contributed by atoms with Crippen LogP contribution in [0, 0.1) is 17.3 Å². The van der Waals surface area contributed by atoms with Gasteiger partial charge in [-0.1, -0.05) is 18.2 Å². The average molecular weight is 404 g/mol. The van der Waals surface area contributed by atoms with Crippen LogP contribution in [0.2, 0.25) is 0 Å². The van der Waals surface area contributed by atoms with Gasteiger partial charge in [-0.2, -0.15) is 5.10 Å². The largest absolute Gasteiger partial charge is 0.356 e. The van der Waals surface area contributed by atoms with E-state index < -0.39 is 0 Å². The van der Waals surface area contributed by atoms with E-state index in [2.05, 4.69) is 61.2 Å². The lowest BCUT2D eigenvalue weighted by Crippen LogP contribution is -2.61. The third-order valence-electron chi connectivity index (χ3n) is 7.96. The van der Waals surface area contributed by atoms with Gasteiger partial charge < -0.3 is 9.88 Å². The first kappa shape index (κ1) is 18.2. The standard InChI is InChI=1S/C24H29N5O/c30-22(26-7-3-8-28-9-6-20-4-1-2-5-21(20)28)23-11-18-10-19(12-23)14-24(13-18,15-23)29-17-25-16-27-29/h1-2,4-6,9,16-19H,3,7-8,10-15H2,(H,26,30)/t18-,19+,23?,24?. The number of benzene rings is 1. The van der Waals surface area contributed by atoms with Crippen molar-refractivity contribution in [3.63, 3.8) is 0 Å². The number of amides is 1. The number of hydrogen-bond acceptors (Lipinski definition) is 3. The monoisotopic (exact) mass is 403 g/mol. The lowest BCUT2D eigenvalue weighted by molar-refractivity contribution is -0.156. The molecule has 2 aromatic heterocycles. The van der Waals surface area contributed by atoms with Crippen LogP contribution in [-0.4, -0.2) is 31.8 Å². The molecular formula is C24H29N5O. The summed E-state index contributed by atoms with van der Waals surface area (Å²) in [5, 5.41) is 9.08. The van der Waals surface area contributed by atoms with Crippen LogP contribution in [0.3, 0.4) is 0 Å². The average Bonchev–Trinajstić information content (AvgIpc) is 3.41. The van der Waals surface area contributed by atoms with E-state index in [0.717, 1.165) is 51.6 Å². The van der Waals surface area contributed by atoms with E-state index in [1.54, 1.807) is 6.33 Å². The van der Waals surface area contributed by atoms with Crippen LogP contribution in [0.25, 0.3) is 10.9 Å². The fraction of sp³-hybridized carbons (Fsp3) is 0.542. The minimum atomic E-state index is -0.212. The summed E-state index contributed by atoms with van der Waals surface area (Å²) in [7, 11) is 0. The molecule has 7 rings (SSSR count). The van der Waals surface area contributed by atoms with Crippen molar-refractivity contribution in [3.05, 3.63) is 49.2 Å². The summed E-state index contributed by atoms with van der Waals surface area (Å²) >= 11 is 0.